The number of methoxy groups -OCH3 is 2. The van der Waals surface area contributed by atoms with Crippen LogP contribution in [0.1, 0.15) is 32.5 Å². The number of hydrogen-bond acceptors (Lipinski definition) is 8. The lowest BCUT2D eigenvalue weighted by Gasteiger charge is -2.15. The van der Waals surface area contributed by atoms with Crippen LogP contribution in [-0.2, 0) is 20.7 Å². The number of hydrogen-bond donors (Lipinski definition) is 2. The van der Waals surface area contributed by atoms with Gasteiger partial charge >= 0.3 is 5.97 Å². The average Bonchev–Trinajstić information content (AvgIpc) is 3.35. The summed E-state index contributed by atoms with van der Waals surface area (Å²) in [5, 5.41) is 7.14. The van der Waals surface area contributed by atoms with E-state index in [0.717, 1.165) is 4.88 Å². The molecule has 182 valence electrons. The number of benzene rings is 2. The number of esters is 1. The van der Waals surface area contributed by atoms with E-state index >= 15 is 0 Å². The molecule has 0 unspecified atom stereocenters. The van der Waals surface area contributed by atoms with Gasteiger partial charge in [0.15, 0.2) is 23.9 Å². The van der Waals surface area contributed by atoms with Crippen molar-refractivity contribution in [3.8, 4) is 11.5 Å². The quantitative estimate of drug-likeness (QED) is 0.322. The van der Waals surface area contributed by atoms with Gasteiger partial charge in [0.2, 0.25) is 5.91 Å². The van der Waals surface area contributed by atoms with Crippen LogP contribution in [0.15, 0.2) is 53.9 Å². The Kier molecular flexibility index (Phi) is 8.58. The van der Waals surface area contributed by atoms with E-state index in [1.807, 2.05) is 17.5 Å². The zero-order valence-corrected chi connectivity index (χ0v) is 20.2. The van der Waals surface area contributed by atoms with Gasteiger partial charge in [-0.05, 0) is 30.5 Å². The van der Waals surface area contributed by atoms with Gasteiger partial charge in [-0.15, -0.1) is 11.3 Å². The molecule has 3 rings (SSSR count). The minimum atomic E-state index is -0.843. The highest BCUT2D eigenvalue weighted by Crippen LogP contribution is 2.34. The fraction of sp³-hybridized carbons (Fsp3) is 0.200. The minimum absolute atomic E-state index is 0.00597. The van der Waals surface area contributed by atoms with E-state index in [-0.39, 0.29) is 35.1 Å². The van der Waals surface area contributed by atoms with E-state index < -0.39 is 18.5 Å². The first-order valence-corrected chi connectivity index (χ1v) is 11.3. The van der Waals surface area contributed by atoms with Gasteiger partial charge < -0.3 is 24.8 Å². The molecule has 0 saturated carbocycles. The van der Waals surface area contributed by atoms with Crippen molar-refractivity contribution >= 4 is 46.3 Å². The molecule has 2 N–H and O–H groups in total. The monoisotopic (exact) mass is 496 g/mol. The van der Waals surface area contributed by atoms with Crippen molar-refractivity contribution in [2.24, 2.45) is 0 Å². The molecule has 3 aromatic rings. The Morgan fingerprint density at radius 3 is 2.29 bits per heavy atom. The van der Waals surface area contributed by atoms with Crippen LogP contribution in [0.5, 0.6) is 11.5 Å². The van der Waals surface area contributed by atoms with E-state index in [4.69, 9.17) is 14.2 Å². The van der Waals surface area contributed by atoms with Crippen LogP contribution in [0, 0.1) is 0 Å². The van der Waals surface area contributed by atoms with Gasteiger partial charge in [-0.3, -0.25) is 14.4 Å². The van der Waals surface area contributed by atoms with Gasteiger partial charge in [0.05, 0.1) is 31.9 Å². The minimum Gasteiger partial charge on any atom is -0.493 e. The molecule has 10 heteroatoms. The molecule has 0 radical (unpaired) electrons. The number of anilines is 2. The molecule has 2 amide bonds. The summed E-state index contributed by atoms with van der Waals surface area (Å²) in [6.45, 7) is 0.836. The van der Waals surface area contributed by atoms with E-state index in [0.29, 0.717) is 17.0 Å². The Morgan fingerprint density at radius 1 is 0.886 bits per heavy atom. The highest BCUT2D eigenvalue weighted by atomic mass is 32.1. The Bertz CT molecular complexity index is 1240. The topological polar surface area (TPSA) is 120 Å². The first-order chi connectivity index (χ1) is 16.8. The van der Waals surface area contributed by atoms with Crippen molar-refractivity contribution in [3.05, 3.63) is 69.9 Å². The standard InChI is InChI=1S/C25H24N2O7S/c1-15(28)16-6-4-7-17(10-16)26-24(30)14-34-25(31)19-12-21(32-2)22(33-3)13-20(19)27-23(29)11-18-8-5-9-35-18/h4-10,12-13H,11,14H2,1-3H3,(H,26,30)(H,27,29). The van der Waals surface area contributed by atoms with Crippen LogP contribution in [0.4, 0.5) is 11.4 Å². The maximum absolute atomic E-state index is 12.8. The van der Waals surface area contributed by atoms with Gasteiger partial charge in [0.25, 0.3) is 5.91 Å². The number of thiophene rings is 1. The number of ether oxygens (including phenoxy) is 3. The second kappa shape index (κ2) is 11.8. The second-order valence-corrected chi connectivity index (χ2v) is 8.35. The summed E-state index contributed by atoms with van der Waals surface area (Å²) in [5.41, 5.74) is 0.983. The normalized spacial score (nSPS) is 10.3. The SMILES string of the molecule is COc1cc(NC(=O)Cc2cccs2)c(C(=O)OCC(=O)Nc2cccc(C(C)=O)c2)cc1OC. The largest absolute Gasteiger partial charge is 0.493 e. The molecule has 0 aliphatic carbocycles. The first kappa shape index (κ1) is 25.4. The summed E-state index contributed by atoms with van der Waals surface area (Å²) < 4.78 is 15.7. The van der Waals surface area contributed by atoms with Crippen LogP contribution in [0.25, 0.3) is 0 Å². The number of nitrogens with one attached hydrogen (secondary N) is 2. The highest BCUT2D eigenvalue weighted by molar-refractivity contribution is 7.10. The van der Waals surface area contributed by atoms with Gasteiger partial charge in [-0.25, -0.2) is 4.79 Å². The van der Waals surface area contributed by atoms with E-state index in [9.17, 15) is 19.2 Å². The number of Topliss-reactive ketones (excluding diaryl/α,β-unsaturated/α-hetero) is 1. The number of carbonyl (C=O) groups excluding carboxylic acids is 4. The van der Waals surface area contributed by atoms with Gasteiger partial charge in [-0.2, -0.15) is 0 Å². The molecule has 0 fully saturated rings. The third-order valence-corrected chi connectivity index (χ3v) is 5.70. The Hall–Kier alpha value is -4.18. The average molecular weight is 497 g/mol. The number of ketones is 1. The molecule has 35 heavy (non-hydrogen) atoms. The van der Waals surface area contributed by atoms with Crippen molar-refractivity contribution < 1.29 is 33.4 Å². The van der Waals surface area contributed by atoms with Crippen LogP contribution < -0.4 is 20.1 Å². The Morgan fingerprint density at radius 2 is 1.63 bits per heavy atom. The molecule has 1 aromatic heterocycles. The molecule has 1 heterocycles. The molecular weight excluding hydrogens is 472 g/mol. The molecule has 0 spiro atoms. The molecule has 0 bridgehead atoms. The van der Waals surface area contributed by atoms with Crippen LogP contribution in [0.3, 0.4) is 0 Å². The predicted octanol–water partition coefficient (Wildman–Crippen LogP) is 3.94. The van der Waals surface area contributed by atoms with Crippen molar-refractivity contribution in [2.75, 3.05) is 31.5 Å². The number of amides is 2. The zero-order chi connectivity index (χ0) is 25.4. The Balaban J connectivity index is 1.73. The highest BCUT2D eigenvalue weighted by Gasteiger charge is 2.21. The van der Waals surface area contributed by atoms with E-state index in [1.165, 1.54) is 50.7 Å². The van der Waals surface area contributed by atoms with Crippen molar-refractivity contribution in [2.45, 2.75) is 13.3 Å². The number of rotatable bonds is 10. The Labute approximate surface area is 206 Å². The van der Waals surface area contributed by atoms with E-state index in [2.05, 4.69) is 10.6 Å². The summed E-state index contributed by atoms with van der Waals surface area (Å²) in [6, 6.07) is 12.9. The number of carbonyl (C=O) groups is 4. The molecule has 0 aliphatic rings. The summed E-state index contributed by atoms with van der Waals surface area (Å²) in [5.74, 6) is -1.36. The molecule has 0 saturated heterocycles. The molecule has 0 aliphatic heterocycles. The smallest absolute Gasteiger partial charge is 0.340 e. The fourth-order valence-corrected chi connectivity index (χ4v) is 3.84. The maximum atomic E-state index is 12.8. The summed E-state index contributed by atoms with van der Waals surface area (Å²) in [4.78, 5) is 50.1. The summed E-state index contributed by atoms with van der Waals surface area (Å²) in [6.07, 6.45) is 0.127. The van der Waals surface area contributed by atoms with Crippen LogP contribution >= 0.6 is 11.3 Å². The zero-order valence-electron chi connectivity index (χ0n) is 19.4. The maximum Gasteiger partial charge on any atom is 0.340 e. The third kappa shape index (κ3) is 6.90. The van der Waals surface area contributed by atoms with Crippen LogP contribution in [0.2, 0.25) is 0 Å². The predicted molar refractivity (Wildman–Crippen MR) is 132 cm³/mol. The van der Waals surface area contributed by atoms with Gasteiger partial charge in [0.1, 0.15) is 0 Å². The van der Waals surface area contributed by atoms with Crippen molar-refractivity contribution in [1.82, 2.24) is 0 Å². The lowest BCUT2D eigenvalue weighted by Crippen LogP contribution is -2.22. The summed E-state index contributed by atoms with van der Waals surface area (Å²) >= 11 is 1.44. The summed E-state index contributed by atoms with van der Waals surface area (Å²) in [7, 11) is 2.84. The van der Waals surface area contributed by atoms with Gasteiger partial charge in [0, 0.05) is 28.3 Å². The molecule has 0 atom stereocenters. The van der Waals surface area contributed by atoms with Gasteiger partial charge in [-0.1, -0.05) is 18.2 Å². The lowest BCUT2D eigenvalue weighted by molar-refractivity contribution is -0.119. The molecular formula is C25H24N2O7S. The first-order valence-electron chi connectivity index (χ1n) is 10.5. The van der Waals surface area contributed by atoms with E-state index in [1.54, 1.807) is 18.2 Å². The third-order valence-electron chi connectivity index (χ3n) is 4.82. The fourth-order valence-electron chi connectivity index (χ4n) is 3.14. The van der Waals surface area contributed by atoms with Crippen LogP contribution in [-0.4, -0.2) is 44.4 Å². The lowest BCUT2D eigenvalue weighted by atomic mass is 10.1. The molecule has 2 aromatic carbocycles. The van der Waals surface area contributed by atoms with Crippen molar-refractivity contribution in [3.63, 3.8) is 0 Å². The second-order valence-electron chi connectivity index (χ2n) is 7.32. The van der Waals surface area contributed by atoms with Crippen molar-refractivity contribution in [1.29, 1.82) is 0 Å². The molecule has 9 nitrogen and oxygen atoms in total.